The minimum absolute atomic E-state index is 0.0497. The number of imide groups is 1. The predicted octanol–water partition coefficient (Wildman–Crippen LogP) is 0.738. The van der Waals surface area contributed by atoms with Crippen molar-refractivity contribution in [2.45, 2.75) is 12.8 Å². The topological polar surface area (TPSA) is 69.7 Å². The minimum Gasteiger partial charge on any atom is -0.338 e. The number of nitrogens with one attached hydrogen (secondary N) is 1. The Labute approximate surface area is 134 Å². The smallest absolute Gasteiger partial charge is 0.261 e. The van der Waals surface area contributed by atoms with Crippen LogP contribution in [0.1, 0.15) is 43.9 Å². The number of nitrogens with zero attached hydrogens (tertiary/aromatic N) is 2. The van der Waals surface area contributed by atoms with Crippen LogP contribution in [-0.2, 0) is 0 Å². The summed E-state index contributed by atoms with van der Waals surface area (Å²) in [5, 5.41) is 3.38. The van der Waals surface area contributed by atoms with Crippen molar-refractivity contribution >= 4 is 17.7 Å². The number of hydrogen-bond acceptors (Lipinski definition) is 4. The molecule has 2 saturated heterocycles. The van der Waals surface area contributed by atoms with E-state index in [4.69, 9.17) is 0 Å². The van der Waals surface area contributed by atoms with Crippen molar-refractivity contribution in [2.24, 2.45) is 5.41 Å². The van der Waals surface area contributed by atoms with Gasteiger partial charge in [-0.05, 0) is 37.6 Å². The lowest BCUT2D eigenvalue weighted by molar-refractivity contribution is 0.0692. The number of hydrogen-bond donors (Lipinski definition) is 1. The van der Waals surface area contributed by atoms with Crippen LogP contribution in [0.3, 0.4) is 0 Å². The highest BCUT2D eigenvalue weighted by atomic mass is 16.2. The van der Waals surface area contributed by atoms with Gasteiger partial charge < -0.3 is 10.2 Å². The van der Waals surface area contributed by atoms with Crippen molar-refractivity contribution < 1.29 is 14.4 Å². The van der Waals surface area contributed by atoms with Crippen molar-refractivity contribution in [3.63, 3.8) is 0 Å². The van der Waals surface area contributed by atoms with E-state index in [-0.39, 0.29) is 23.1 Å². The highest BCUT2D eigenvalue weighted by Crippen LogP contribution is 2.36. The van der Waals surface area contributed by atoms with Crippen LogP contribution in [0.2, 0.25) is 0 Å². The lowest BCUT2D eigenvalue weighted by atomic mass is 9.86. The Bertz CT molecular complexity index is 722. The maximum atomic E-state index is 12.8. The van der Waals surface area contributed by atoms with Gasteiger partial charge in [-0.1, -0.05) is 0 Å². The van der Waals surface area contributed by atoms with E-state index in [0.29, 0.717) is 16.7 Å². The normalized spacial score (nSPS) is 26.5. The molecule has 1 atom stereocenters. The second-order valence-corrected chi connectivity index (χ2v) is 6.83. The molecule has 4 rings (SSSR count). The fourth-order valence-electron chi connectivity index (χ4n) is 3.93. The fraction of sp³-hybridized carbons (Fsp3) is 0.471. The molecule has 3 aliphatic heterocycles. The zero-order valence-corrected chi connectivity index (χ0v) is 13.1. The van der Waals surface area contributed by atoms with Gasteiger partial charge >= 0.3 is 0 Å². The van der Waals surface area contributed by atoms with E-state index >= 15 is 0 Å². The van der Waals surface area contributed by atoms with E-state index in [0.717, 1.165) is 43.9 Å². The highest BCUT2D eigenvalue weighted by molar-refractivity contribution is 6.21. The molecule has 1 unspecified atom stereocenters. The highest BCUT2D eigenvalue weighted by Gasteiger charge is 2.42. The Morgan fingerprint density at radius 2 is 1.96 bits per heavy atom. The van der Waals surface area contributed by atoms with Gasteiger partial charge in [0.25, 0.3) is 17.7 Å². The van der Waals surface area contributed by atoms with E-state index in [2.05, 4.69) is 5.32 Å². The minimum atomic E-state index is -0.336. The molecular weight excluding hydrogens is 294 g/mol. The standard InChI is InChI=1S/C17H19N3O3/c1-19-15(22)12-3-2-11(8-13(12)16(19)23)14(21)20-7-5-17(10-20)4-6-18-9-17/h2-3,8,18H,4-7,9-10H2,1H3. The monoisotopic (exact) mass is 313 g/mol. The molecule has 6 nitrogen and oxygen atoms in total. The first-order valence-electron chi connectivity index (χ1n) is 7.97. The Hall–Kier alpha value is -2.21. The molecule has 23 heavy (non-hydrogen) atoms. The van der Waals surface area contributed by atoms with Gasteiger partial charge in [0, 0.05) is 37.7 Å². The van der Waals surface area contributed by atoms with Gasteiger partial charge in [0.05, 0.1) is 11.1 Å². The molecule has 1 aromatic carbocycles. The molecule has 1 aromatic rings. The van der Waals surface area contributed by atoms with Gasteiger partial charge in [-0.2, -0.15) is 0 Å². The van der Waals surface area contributed by atoms with Gasteiger partial charge in [-0.3, -0.25) is 19.3 Å². The van der Waals surface area contributed by atoms with Gasteiger partial charge in [-0.25, -0.2) is 0 Å². The molecule has 0 bridgehead atoms. The van der Waals surface area contributed by atoms with E-state index in [9.17, 15) is 14.4 Å². The SMILES string of the molecule is CN1C(=O)c2ccc(C(=O)N3CCC4(CCNC4)C3)cc2C1=O. The number of likely N-dealkylation sites (tertiary alicyclic amines) is 1. The summed E-state index contributed by atoms with van der Waals surface area (Å²) in [4.78, 5) is 39.7. The fourth-order valence-corrected chi connectivity index (χ4v) is 3.93. The van der Waals surface area contributed by atoms with Gasteiger partial charge in [0.15, 0.2) is 0 Å². The summed E-state index contributed by atoms with van der Waals surface area (Å²) in [6, 6.07) is 4.82. The average Bonchev–Trinajstić information content (AvgIpc) is 3.26. The third-order valence-electron chi connectivity index (χ3n) is 5.39. The van der Waals surface area contributed by atoms with Crippen LogP contribution in [0.4, 0.5) is 0 Å². The molecule has 0 aliphatic carbocycles. The van der Waals surface area contributed by atoms with Crippen molar-refractivity contribution in [3.8, 4) is 0 Å². The number of amides is 3. The van der Waals surface area contributed by atoms with Crippen LogP contribution in [0.5, 0.6) is 0 Å². The first-order chi connectivity index (χ1) is 11.0. The molecule has 2 fully saturated rings. The number of fused-ring (bicyclic) bond motifs is 1. The third-order valence-corrected chi connectivity index (χ3v) is 5.39. The molecule has 3 heterocycles. The molecule has 6 heteroatoms. The number of benzene rings is 1. The summed E-state index contributed by atoms with van der Waals surface area (Å²) < 4.78 is 0. The van der Waals surface area contributed by atoms with Crippen LogP contribution >= 0.6 is 0 Å². The van der Waals surface area contributed by atoms with E-state index in [1.807, 2.05) is 4.90 Å². The average molecular weight is 313 g/mol. The zero-order chi connectivity index (χ0) is 16.2. The van der Waals surface area contributed by atoms with Gasteiger partial charge in [-0.15, -0.1) is 0 Å². The molecular formula is C17H19N3O3. The Kier molecular flexibility index (Phi) is 3.06. The maximum Gasteiger partial charge on any atom is 0.261 e. The molecule has 1 N–H and O–H groups in total. The second kappa shape index (κ2) is 4.89. The van der Waals surface area contributed by atoms with Crippen LogP contribution in [0.15, 0.2) is 18.2 Å². The summed E-state index contributed by atoms with van der Waals surface area (Å²) in [5.74, 6) is -0.690. The van der Waals surface area contributed by atoms with Gasteiger partial charge in [0.2, 0.25) is 0 Å². The zero-order valence-electron chi connectivity index (χ0n) is 13.1. The Balaban J connectivity index is 1.59. The summed E-state index contributed by atoms with van der Waals surface area (Å²) in [6.07, 6.45) is 2.13. The lowest BCUT2D eigenvalue weighted by Gasteiger charge is -2.22. The lowest BCUT2D eigenvalue weighted by Crippen LogP contribution is -2.33. The van der Waals surface area contributed by atoms with Crippen molar-refractivity contribution in [2.75, 3.05) is 33.2 Å². The summed E-state index contributed by atoms with van der Waals surface area (Å²) in [6.45, 7) is 3.51. The molecule has 0 saturated carbocycles. The van der Waals surface area contributed by atoms with E-state index in [1.165, 1.54) is 7.05 Å². The van der Waals surface area contributed by atoms with Crippen LogP contribution in [0.25, 0.3) is 0 Å². The summed E-state index contributed by atoms with van der Waals surface area (Å²) in [5.41, 5.74) is 1.42. The van der Waals surface area contributed by atoms with Crippen LogP contribution < -0.4 is 5.32 Å². The van der Waals surface area contributed by atoms with Crippen molar-refractivity contribution in [1.82, 2.24) is 15.1 Å². The second-order valence-electron chi connectivity index (χ2n) is 6.83. The largest absolute Gasteiger partial charge is 0.338 e. The number of carbonyl (C=O) groups is 3. The first kappa shape index (κ1) is 14.4. The third kappa shape index (κ3) is 2.09. The first-order valence-corrected chi connectivity index (χ1v) is 7.97. The molecule has 3 aliphatic rings. The molecule has 0 aromatic heterocycles. The summed E-state index contributed by atoms with van der Waals surface area (Å²) >= 11 is 0. The van der Waals surface area contributed by atoms with Gasteiger partial charge in [0.1, 0.15) is 0 Å². The summed E-state index contributed by atoms with van der Waals surface area (Å²) in [7, 11) is 1.46. The van der Waals surface area contributed by atoms with E-state index in [1.54, 1.807) is 18.2 Å². The number of rotatable bonds is 1. The quantitative estimate of drug-likeness (QED) is 0.776. The van der Waals surface area contributed by atoms with Crippen molar-refractivity contribution in [1.29, 1.82) is 0 Å². The predicted molar refractivity (Wildman–Crippen MR) is 83.3 cm³/mol. The van der Waals surface area contributed by atoms with E-state index < -0.39 is 0 Å². The Morgan fingerprint density at radius 1 is 1.17 bits per heavy atom. The van der Waals surface area contributed by atoms with Crippen LogP contribution in [0, 0.1) is 5.41 Å². The molecule has 1 spiro atoms. The molecule has 120 valence electrons. The molecule has 0 radical (unpaired) electrons. The molecule has 3 amide bonds. The Morgan fingerprint density at radius 3 is 2.70 bits per heavy atom. The number of carbonyl (C=O) groups excluding carboxylic acids is 3. The maximum absolute atomic E-state index is 12.8. The van der Waals surface area contributed by atoms with Crippen LogP contribution in [-0.4, -0.2) is 60.7 Å². The van der Waals surface area contributed by atoms with Crippen molar-refractivity contribution in [3.05, 3.63) is 34.9 Å².